The van der Waals surface area contributed by atoms with E-state index in [1.54, 1.807) is 7.11 Å². The average molecular weight is 401 g/mol. The van der Waals surface area contributed by atoms with Gasteiger partial charge < -0.3 is 14.4 Å². The molecule has 0 aromatic heterocycles. The second-order valence-electron chi connectivity index (χ2n) is 8.24. The van der Waals surface area contributed by atoms with E-state index in [1.165, 1.54) is 11.1 Å². The summed E-state index contributed by atoms with van der Waals surface area (Å²) in [6, 6.07) is 23.9. The molecule has 0 radical (unpaired) electrons. The lowest BCUT2D eigenvalue weighted by atomic mass is 9.99. The third-order valence-corrected chi connectivity index (χ3v) is 6.20. The van der Waals surface area contributed by atoms with Gasteiger partial charge in [-0.15, -0.1) is 0 Å². The highest BCUT2D eigenvalue weighted by Crippen LogP contribution is 2.52. The molecule has 154 valence electrons. The van der Waals surface area contributed by atoms with Crippen LogP contribution in [0.15, 0.2) is 66.7 Å². The molecule has 4 heteroatoms. The minimum Gasteiger partial charge on any atom is -0.493 e. The summed E-state index contributed by atoms with van der Waals surface area (Å²) in [6.45, 7) is 5.32. The number of fused-ring (bicyclic) bond motifs is 2. The maximum absolute atomic E-state index is 6.32. The predicted octanol–water partition coefficient (Wildman–Crippen LogP) is 5.91. The molecule has 4 nitrogen and oxygen atoms in total. The maximum atomic E-state index is 6.32. The van der Waals surface area contributed by atoms with Gasteiger partial charge in [0.1, 0.15) is 0 Å². The summed E-state index contributed by atoms with van der Waals surface area (Å²) in [5.74, 6) is 2.52. The van der Waals surface area contributed by atoms with E-state index in [0.29, 0.717) is 6.04 Å². The van der Waals surface area contributed by atoms with Gasteiger partial charge in [0.15, 0.2) is 17.2 Å². The van der Waals surface area contributed by atoms with Crippen LogP contribution in [0.25, 0.3) is 0 Å². The highest BCUT2D eigenvalue weighted by molar-refractivity contribution is 5.81. The van der Waals surface area contributed by atoms with Gasteiger partial charge in [-0.3, -0.25) is 4.90 Å². The molecule has 5 rings (SSSR count). The summed E-state index contributed by atoms with van der Waals surface area (Å²) in [4.78, 5) is 5.05. The normalized spacial score (nSPS) is 16.5. The largest absolute Gasteiger partial charge is 0.493 e. The van der Waals surface area contributed by atoms with Crippen molar-refractivity contribution in [2.24, 2.45) is 0 Å². The first-order valence-corrected chi connectivity index (χ1v) is 10.7. The van der Waals surface area contributed by atoms with Crippen molar-refractivity contribution in [3.05, 3.63) is 77.9 Å². The molecule has 0 bridgehead atoms. The van der Waals surface area contributed by atoms with Gasteiger partial charge in [0.25, 0.3) is 0 Å². The number of para-hydroxylation sites is 1. The van der Waals surface area contributed by atoms with E-state index in [0.717, 1.165) is 61.1 Å². The van der Waals surface area contributed by atoms with Crippen molar-refractivity contribution >= 4 is 11.4 Å². The minimum atomic E-state index is 0.438. The van der Waals surface area contributed by atoms with Crippen LogP contribution in [0, 0.1) is 6.92 Å². The van der Waals surface area contributed by atoms with Crippen LogP contribution in [0.5, 0.6) is 17.2 Å². The summed E-state index contributed by atoms with van der Waals surface area (Å²) in [5, 5.41) is 0. The van der Waals surface area contributed by atoms with E-state index in [1.807, 2.05) is 6.07 Å². The Hall–Kier alpha value is -2.98. The Kier molecular flexibility index (Phi) is 5.09. The van der Waals surface area contributed by atoms with Crippen LogP contribution in [0.1, 0.15) is 24.0 Å². The molecule has 2 heterocycles. The van der Waals surface area contributed by atoms with Crippen LogP contribution in [-0.2, 0) is 6.54 Å². The smallest absolute Gasteiger partial charge is 0.192 e. The Morgan fingerprint density at radius 3 is 2.50 bits per heavy atom. The summed E-state index contributed by atoms with van der Waals surface area (Å²) in [6.07, 6.45) is 2.24. The molecule has 2 aliphatic rings. The number of nitrogens with zero attached hydrogens (tertiary/aromatic N) is 2. The highest BCUT2D eigenvalue weighted by Gasteiger charge is 2.33. The SMILES string of the molecule is COc1cccc2c1Oc1cc(C)ccc1N2C1CCN(Cc2ccccc2)CC1. The molecule has 2 aliphatic heterocycles. The number of methoxy groups -OCH3 is 1. The zero-order valence-corrected chi connectivity index (χ0v) is 17.7. The molecule has 0 N–H and O–H groups in total. The fourth-order valence-corrected chi connectivity index (χ4v) is 4.67. The molecule has 1 fully saturated rings. The van der Waals surface area contributed by atoms with Gasteiger partial charge in [0.05, 0.1) is 18.5 Å². The molecule has 1 saturated heterocycles. The average Bonchev–Trinajstić information content (AvgIpc) is 2.78. The predicted molar refractivity (Wildman–Crippen MR) is 121 cm³/mol. The number of anilines is 2. The van der Waals surface area contributed by atoms with E-state index < -0.39 is 0 Å². The van der Waals surface area contributed by atoms with Crippen LogP contribution < -0.4 is 14.4 Å². The first-order valence-electron chi connectivity index (χ1n) is 10.7. The molecule has 0 unspecified atom stereocenters. The van der Waals surface area contributed by atoms with E-state index >= 15 is 0 Å². The lowest BCUT2D eigenvalue weighted by Crippen LogP contribution is -2.43. The lowest BCUT2D eigenvalue weighted by Gasteiger charge is -2.42. The highest BCUT2D eigenvalue weighted by atomic mass is 16.5. The van der Waals surface area contributed by atoms with Crippen molar-refractivity contribution in [3.63, 3.8) is 0 Å². The van der Waals surface area contributed by atoms with Gasteiger partial charge in [-0.25, -0.2) is 0 Å². The first kappa shape index (κ1) is 19.0. The number of likely N-dealkylation sites (tertiary alicyclic amines) is 1. The monoisotopic (exact) mass is 400 g/mol. The molecule has 3 aromatic carbocycles. The fraction of sp³-hybridized carbons (Fsp3) is 0.308. The van der Waals surface area contributed by atoms with Gasteiger partial charge in [0.2, 0.25) is 0 Å². The number of benzene rings is 3. The number of aryl methyl sites for hydroxylation is 1. The van der Waals surface area contributed by atoms with E-state index in [2.05, 4.69) is 77.4 Å². The molecular formula is C26H28N2O2. The third-order valence-electron chi connectivity index (χ3n) is 6.20. The number of hydrogen-bond donors (Lipinski definition) is 0. The number of hydrogen-bond acceptors (Lipinski definition) is 4. The Balaban J connectivity index is 1.42. The van der Waals surface area contributed by atoms with E-state index in [4.69, 9.17) is 9.47 Å². The standard InChI is InChI=1S/C26H28N2O2/c1-19-11-12-22-25(17-19)30-26-23(9-6-10-24(26)29-2)28(22)21-13-15-27(16-14-21)18-20-7-4-3-5-8-20/h3-12,17,21H,13-16,18H2,1-2H3. The molecule has 3 aromatic rings. The van der Waals surface area contributed by atoms with E-state index in [9.17, 15) is 0 Å². The van der Waals surface area contributed by atoms with Crippen molar-refractivity contribution in [3.8, 4) is 17.2 Å². The Morgan fingerprint density at radius 2 is 1.73 bits per heavy atom. The van der Waals surface area contributed by atoms with Gasteiger partial charge in [-0.1, -0.05) is 42.5 Å². The Morgan fingerprint density at radius 1 is 0.933 bits per heavy atom. The van der Waals surface area contributed by atoms with Crippen molar-refractivity contribution in [1.29, 1.82) is 0 Å². The van der Waals surface area contributed by atoms with Gasteiger partial charge in [0, 0.05) is 25.7 Å². The number of ether oxygens (including phenoxy) is 2. The Bertz CT molecular complexity index is 1030. The van der Waals surface area contributed by atoms with Crippen LogP contribution >= 0.6 is 0 Å². The van der Waals surface area contributed by atoms with Crippen molar-refractivity contribution in [2.45, 2.75) is 32.4 Å². The summed E-state index contributed by atoms with van der Waals surface area (Å²) in [5.41, 5.74) is 4.85. The minimum absolute atomic E-state index is 0.438. The zero-order valence-electron chi connectivity index (χ0n) is 17.7. The van der Waals surface area contributed by atoms with Crippen LogP contribution in [0.4, 0.5) is 11.4 Å². The van der Waals surface area contributed by atoms with E-state index in [-0.39, 0.29) is 0 Å². The maximum Gasteiger partial charge on any atom is 0.192 e. The van der Waals surface area contributed by atoms with Crippen LogP contribution in [-0.4, -0.2) is 31.1 Å². The number of rotatable bonds is 4. The van der Waals surface area contributed by atoms with Gasteiger partial charge in [-0.05, 0) is 55.2 Å². The lowest BCUT2D eigenvalue weighted by molar-refractivity contribution is 0.204. The van der Waals surface area contributed by atoms with Gasteiger partial charge >= 0.3 is 0 Å². The summed E-state index contributed by atoms with van der Waals surface area (Å²) < 4.78 is 11.9. The molecule has 0 atom stereocenters. The Labute approximate surface area is 178 Å². The number of piperidine rings is 1. The second kappa shape index (κ2) is 8.04. The second-order valence-corrected chi connectivity index (χ2v) is 8.24. The van der Waals surface area contributed by atoms with Gasteiger partial charge in [-0.2, -0.15) is 0 Å². The van der Waals surface area contributed by atoms with Crippen molar-refractivity contribution in [2.75, 3.05) is 25.1 Å². The molecule has 0 saturated carbocycles. The molecule has 0 spiro atoms. The van der Waals surface area contributed by atoms with Crippen LogP contribution in [0.2, 0.25) is 0 Å². The summed E-state index contributed by atoms with van der Waals surface area (Å²) >= 11 is 0. The first-order chi connectivity index (χ1) is 14.7. The molecule has 0 aliphatic carbocycles. The topological polar surface area (TPSA) is 24.9 Å². The molecule has 30 heavy (non-hydrogen) atoms. The third kappa shape index (κ3) is 3.52. The quantitative estimate of drug-likeness (QED) is 0.543. The molecule has 0 amide bonds. The van der Waals surface area contributed by atoms with Crippen molar-refractivity contribution in [1.82, 2.24) is 4.90 Å². The summed E-state index contributed by atoms with van der Waals surface area (Å²) in [7, 11) is 1.71. The van der Waals surface area contributed by atoms with Crippen LogP contribution in [0.3, 0.4) is 0 Å². The molecular weight excluding hydrogens is 372 g/mol. The van der Waals surface area contributed by atoms with Crippen molar-refractivity contribution < 1.29 is 9.47 Å². The zero-order chi connectivity index (χ0) is 20.5. The fourth-order valence-electron chi connectivity index (χ4n) is 4.67.